The molecule has 0 unspecified atom stereocenters. The predicted octanol–water partition coefficient (Wildman–Crippen LogP) is 3.05. The van der Waals surface area contributed by atoms with Crippen molar-refractivity contribution in [1.29, 1.82) is 0 Å². The first kappa shape index (κ1) is 15.9. The lowest BCUT2D eigenvalue weighted by Crippen LogP contribution is -2.30. The Morgan fingerprint density at radius 2 is 2.04 bits per heavy atom. The summed E-state index contributed by atoms with van der Waals surface area (Å²) < 4.78 is 19.6. The van der Waals surface area contributed by atoms with E-state index in [1.54, 1.807) is 24.3 Å². The quantitative estimate of drug-likeness (QED) is 0.675. The number of ether oxygens (including phenoxy) is 1. The molecule has 2 aromatic carbocycles. The Kier molecular flexibility index (Phi) is 4.69. The van der Waals surface area contributed by atoms with Crippen LogP contribution < -0.4 is 10.1 Å². The number of amidine groups is 1. The first-order chi connectivity index (χ1) is 11.6. The highest BCUT2D eigenvalue weighted by molar-refractivity contribution is 5.99. The zero-order valence-electron chi connectivity index (χ0n) is 12.9. The number of nitro benzene ring substituents is 1. The maximum atomic E-state index is 14.2. The molecular formula is C17H16FN3O3. The second-order valence-corrected chi connectivity index (χ2v) is 5.37. The third-order valence-electron chi connectivity index (χ3n) is 3.64. The summed E-state index contributed by atoms with van der Waals surface area (Å²) in [5.74, 6) is 0.361. The first-order valence-corrected chi connectivity index (χ1v) is 7.58. The molecule has 1 N–H and O–H groups in total. The maximum absolute atomic E-state index is 14.2. The zero-order chi connectivity index (χ0) is 16.9. The standard InChI is InChI=1S/C17H16FN3O3/c18-15-10-13(17-19-8-1-9-20-17)4-7-16(15)24-11-12-2-5-14(6-3-12)21(22)23/h2-7,10H,1,8-9,11H2,(H,19,20). The van der Waals surface area contributed by atoms with Crippen molar-refractivity contribution < 1.29 is 14.1 Å². The molecule has 1 aliphatic rings. The molecule has 7 heteroatoms. The van der Waals surface area contributed by atoms with Crippen LogP contribution in [-0.2, 0) is 6.61 Å². The van der Waals surface area contributed by atoms with Crippen molar-refractivity contribution in [2.24, 2.45) is 4.99 Å². The van der Waals surface area contributed by atoms with Crippen LogP contribution in [0.3, 0.4) is 0 Å². The lowest BCUT2D eigenvalue weighted by atomic mass is 10.1. The molecule has 0 aromatic heterocycles. The van der Waals surface area contributed by atoms with Crippen LogP contribution in [0, 0.1) is 15.9 Å². The number of halogens is 1. The number of nitrogens with zero attached hydrogens (tertiary/aromatic N) is 2. The lowest BCUT2D eigenvalue weighted by Gasteiger charge is -2.15. The number of non-ortho nitro benzene ring substituents is 1. The van der Waals surface area contributed by atoms with Crippen molar-refractivity contribution in [3.8, 4) is 5.75 Å². The van der Waals surface area contributed by atoms with Crippen LogP contribution in [0.5, 0.6) is 5.75 Å². The number of nitro groups is 1. The Morgan fingerprint density at radius 1 is 1.25 bits per heavy atom. The van der Waals surface area contributed by atoms with Crippen molar-refractivity contribution in [3.05, 3.63) is 69.5 Å². The molecule has 2 aromatic rings. The van der Waals surface area contributed by atoms with E-state index in [-0.39, 0.29) is 18.0 Å². The monoisotopic (exact) mass is 329 g/mol. The van der Waals surface area contributed by atoms with Gasteiger partial charge < -0.3 is 10.1 Å². The molecule has 0 atom stereocenters. The molecule has 6 nitrogen and oxygen atoms in total. The van der Waals surface area contributed by atoms with E-state index in [0.717, 1.165) is 25.1 Å². The average molecular weight is 329 g/mol. The van der Waals surface area contributed by atoms with Crippen LogP contribution >= 0.6 is 0 Å². The smallest absolute Gasteiger partial charge is 0.269 e. The minimum atomic E-state index is -0.468. The van der Waals surface area contributed by atoms with E-state index in [1.165, 1.54) is 18.2 Å². The number of nitrogens with one attached hydrogen (secondary N) is 1. The molecule has 0 saturated heterocycles. The van der Waals surface area contributed by atoms with Gasteiger partial charge >= 0.3 is 0 Å². The van der Waals surface area contributed by atoms with E-state index < -0.39 is 10.7 Å². The minimum Gasteiger partial charge on any atom is -0.486 e. The summed E-state index contributed by atoms with van der Waals surface area (Å²) in [4.78, 5) is 14.5. The number of rotatable bonds is 5. The molecule has 0 spiro atoms. The topological polar surface area (TPSA) is 76.8 Å². The Hall–Kier alpha value is -2.96. The van der Waals surface area contributed by atoms with Crippen molar-refractivity contribution in [2.75, 3.05) is 13.1 Å². The SMILES string of the molecule is O=[N+]([O-])c1ccc(COc2ccc(C3=NCCCN3)cc2F)cc1. The molecule has 3 rings (SSSR count). The summed E-state index contributed by atoms with van der Waals surface area (Å²) in [6.07, 6.45) is 0.975. The fourth-order valence-corrected chi connectivity index (χ4v) is 2.37. The van der Waals surface area contributed by atoms with Gasteiger partial charge in [-0.15, -0.1) is 0 Å². The van der Waals surface area contributed by atoms with E-state index in [0.29, 0.717) is 11.4 Å². The van der Waals surface area contributed by atoms with Crippen molar-refractivity contribution >= 4 is 11.5 Å². The van der Waals surface area contributed by atoms with E-state index in [9.17, 15) is 14.5 Å². The summed E-state index contributed by atoms with van der Waals surface area (Å²) in [7, 11) is 0. The van der Waals surface area contributed by atoms with Crippen LogP contribution in [0.1, 0.15) is 17.5 Å². The van der Waals surface area contributed by atoms with Gasteiger partial charge in [-0.1, -0.05) is 0 Å². The van der Waals surface area contributed by atoms with Gasteiger partial charge in [0.15, 0.2) is 11.6 Å². The summed E-state index contributed by atoms with van der Waals surface area (Å²) >= 11 is 0. The van der Waals surface area contributed by atoms with Gasteiger partial charge in [0, 0.05) is 30.8 Å². The number of hydrogen-bond donors (Lipinski definition) is 1. The second-order valence-electron chi connectivity index (χ2n) is 5.37. The predicted molar refractivity (Wildman–Crippen MR) is 87.9 cm³/mol. The van der Waals surface area contributed by atoms with E-state index in [2.05, 4.69) is 10.3 Å². The van der Waals surface area contributed by atoms with Gasteiger partial charge in [-0.2, -0.15) is 0 Å². The molecule has 0 fully saturated rings. The highest BCUT2D eigenvalue weighted by atomic mass is 19.1. The van der Waals surface area contributed by atoms with Gasteiger partial charge in [-0.3, -0.25) is 15.1 Å². The van der Waals surface area contributed by atoms with Crippen LogP contribution in [0.25, 0.3) is 0 Å². The van der Waals surface area contributed by atoms with Gasteiger partial charge in [-0.25, -0.2) is 4.39 Å². The summed E-state index contributed by atoms with van der Waals surface area (Å²) in [6.45, 7) is 1.70. The fraction of sp³-hybridized carbons (Fsp3) is 0.235. The summed E-state index contributed by atoms with van der Waals surface area (Å²) in [5.41, 5.74) is 1.42. The lowest BCUT2D eigenvalue weighted by molar-refractivity contribution is -0.384. The average Bonchev–Trinajstić information content (AvgIpc) is 2.62. The van der Waals surface area contributed by atoms with Gasteiger partial charge in [-0.05, 0) is 42.3 Å². The summed E-state index contributed by atoms with van der Waals surface area (Å²) in [6, 6.07) is 10.7. The molecule has 1 aliphatic heterocycles. The fourth-order valence-electron chi connectivity index (χ4n) is 2.37. The van der Waals surface area contributed by atoms with Crippen molar-refractivity contribution in [1.82, 2.24) is 5.32 Å². The maximum Gasteiger partial charge on any atom is 0.269 e. The Balaban J connectivity index is 1.67. The van der Waals surface area contributed by atoms with E-state index in [4.69, 9.17) is 4.74 Å². The molecule has 0 saturated carbocycles. The molecule has 0 aliphatic carbocycles. The van der Waals surface area contributed by atoms with E-state index in [1.807, 2.05) is 0 Å². The molecule has 0 amide bonds. The summed E-state index contributed by atoms with van der Waals surface area (Å²) in [5, 5.41) is 13.8. The first-order valence-electron chi connectivity index (χ1n) is 7.58. The molecule has 0 bridgehead atoms. The van der Waals surface area contributed by atoms with E-state index >= 15 is 0 Å². The molecule has 0 radical (unpaired) electrons. The van der Waals surface area contributed by atoms with Gasteiger partial charge in [0.05, 0.1) is 4.92 Å². The molecule has 124 valence electrons. The second kappa shape index (κ2) is 7.08. The molecular weight excluding hydrogens is 313 g/mol. The van der Waals surface area contributed by atoms with Crippen LogP contribution in [-0.4, -0.2) is 23.8 Å². The number of benzene rings is 2. The third kappa shape index (κ3) is 3.68. The van der Waals surface area contributed by atoms with Crippen molar-refractivity contribution in [3.63, 3.8) is 0 Å². The third-order valence-corrected chi connectivity index (χ3v) is 3.64. The van der Waals surface area contributed by atoms with Gasteiger partial charge in [0.1, 0.15) is 12.4 Å². The largest absolute Gasteiger partial charge is 0.486 e. The Labute approximate surface area is 138 Å². The highest BCUT2D eigenvalue weighted by Crippen LogP contribution is 2.21. The van der Waals surface area contributed by atoms with Crippen LogP contribution in [0.2, 0.25) is 0 Å². The zero-order valence-corrected chi connectivity index (χ0v) is 12.9. The Bertz CT molecular complexity index is 775. The van der Waals surface area contributed by atoms with Crippen LogP contribution in [0.15, 0.2) is 47.5 Å². The molecule has 1 heterocycles. The normalized spacial score (nSPS) is 13.8. The molecule has 24 heavy (non-hydrogen) atoms. The highest BCUT2D eigenvalue weighted by Gasteiger charge is 2.11. The number of hydrogen-bond acceptors (Lipinski definition) is 5. The minimum absolute atomic E-state index is 0.00930. The van der Waals surface area contributed by atoms with Gasteiger partial charge in [0.2, 0.25) is 0 Å². The Morgan fingerprint density at radius 3 is 2.67 bits per heavy atom. The number of aliphatic imine (C=N–C) groups is 1. The van der Waals surface area contributed by atoms with Crippen molar-refractivity contribution in [2.45, 2.75) is 13.0 Å². The van der Waals surface area contributed by atoms with Crippen LogP contribution in [0.4, 0.5) is 10.1 Å². The van der Waals surface area contributed by atoms with Gasteiger partial charge in [0.25, 0.3) is 5.69 Å².